The summed E-state index contributed by atoms with van der Waals surface area (Å²) in [4.78, 5) is 20.3. The SMILES string of the molecule is CC(C)Oc1nccnc1NCc1ccc(Cn2ccccc2=O)cc1. The minimum absolute atomic E-state index is 0.00132. The highest BCUT2D eigenvalue weighted by atomic mass is 16.5. The molecule has 0 atom stereocenters. The molecule has 0 aliphatic carbocycles. The first-order valence-electron chi connectivity index (χ1n) is 8.56. The van der Waals surface area contributed by atoms with E-state index in [0.717, 1.165) is 11.1 Å². The standard InChI is InChI=1S/C20H22N4O2/c1-15(2)26-20-19(21-10-11-22-20)23-13-16-6-8-17(9-7-16)14-24-12-4-3-5-18(24)25/h3-12,15H,13-14H2,1-2H3,(H,21,23). The van der Waals surface area contributed by atoms with Crippen LogP contribution in [0.3, 0.4) is 0 Å². The van der Waals surface area contributed by atoms with Gasteiger partial charge in [0, 0.05) is 31.2 Å². The third-order valence-electron chi connectivity index (χ3n) is 3.75. The van der Waals surface area contributed by atoms with Gasteiger partial charge in [-0.3, -0.25) is 4.79 Å². The van der Waals surface area contributed by atoms with Gasteiger partial charge < -0.3 is 14.6 Å². The van der Waals surface area contributed by atoms with E-state index in [0.29, 0.717) is 24.8 Å². The molecule has 0 radical (unpaired) electrons. The quantitative estimate of drug-likeness (QED) is 0.709. The zero-order valence-corrected chi connectivity index (χ0v) is 14.9. The number of rotatable bonds is 7. The summed E-state index contributed by atoms with van der Waals surface area (Å²) in [7, 11) is 0. The Kier molecular flexibility index (Phi) is 5.63. The fraction of sp³-hybridized carbons (Fsp3) is 0.250. The van der Waals surface area contributed by atoms with Crippen LogP contribution in [-0.4, -0.2) is 20.6 Å². The predicted octanol–water partition coefficient (Wildman–Crippen LogP) is 3.09. The van der Waals surface area contributed by atoms with Gasteiger partial charge in [-0.2, -0.15) is 0 Å². The first-order valence-corrected chi connectivity index (χ1v) is 8.56. The molecule has 134 valence electrons. The number of ether oxygens (including phenoxy) is 1. The summed E-state index contributed by atoms with van der Waals surface area (Å²) >= 11 is 0. The van der Waals surface area contributed by atoms with Crippen molar-refractivity contribution in [3.05, 3.63) is 82.5 Å². The highest BCUT2D eigenvalue weighted by Crippen LogP contribution is 2.19. The van der Waals surface area contributed by atoms with Gasteiger partial charge in [-0.25, -0.2) is 9.97 Å². The van der Waals surface area contributed by atoms with Gasteiger partial charge in [-0.1, -0.05) is 30.3 Å². The summed E-state index contributed by atoms with van der Waals surface area (Å²) in [5.74, 6) is 1.13. The van der Waals surface area contributed by atoms with E-state index in [1.807, 2.05) is 44.2 Å². The Labute approximate surface area is 152 Å². The topological polar surface area (TPSA) is 69.0 Å². The molecule has 0 aliphatic heterocycles. The highest BCUT2D eigenvalue weighted by Gasteiger charge is 2.08. The predicted molar refractivity (Wildman–Crippen MR) is 101 cm³/mol. The van der Waals surface area contributed by atoms with Crippen molar-refractivity contribution in [2.24, 2.45) is 0 Å². The number of pyridine rings is 1. The van der Waals surface area contributed by atoms with Crippen LogP contribution in [0.2, 0.25) is 0 Å². The maximum atomic E-state index is 11.8. The minimum Gasteiger partial charge on any atom is -0.472 e. The number of benzene rings is 1. The lowest BCUT2D eigenvalue weighted by atomic mass is 10.1. The minimum atomic E-state index is -0.00132. The van der Waals surface area contributed by atoms with Gasteiger partial charge in [0.25, 0.3) is 11.4 Å². The molecule has 0 aliphatic rings. The molecule has 0 saturated heterocycles. The molecule has 0 saturated carbocycles. The Morgan fingerprint density at radius 2 is 1.77 bits per heavy atom. The number of hydrogen-bond donors (Lipinski definition) is 1. The fourth-order valence-electron chi connectivity index (χ4n) is 2.49. The first kappa shape index (κ1) is 17.7. The lowest BCUT2D eigenvalue weighted by molar-refractivity contribution is 0.233. The van der Waals surface area contributed by atoms with E-state index < -0.39 is 0 Å². The van der Waals surface area contributed by atoms with Crippen molar-refractivity contribution >= 4 is 5.82 Å². The Bertz CT molecular complexity index is 904. The number of hydrogen-bond acceptors (Lipinski definition) is 5. The van der Waals surface area contributed by atoms with Gasteiger partial charge in [0.2, 0.25) is 0 Å². The van der Waals surface area contributed by atoms with Gasteiger partial charge in [0.1, 0.15) is 0 Å². The summed E-state index contributed by atoms with van der Waals surface area (Å²) in [5, 5.41) is 3.26. The van der Waals surface area contributed by atoms with Gasteiger partial charge in [-0.05, 0) is 31.0 Å². The second-order valence-corrected chi connectivity index (χ2v) is 6.21. The van der Waals surface area contributed by atoms with Crippen molar-refractivity contribution in [1.82, 2.24) is 14.5 Å². The van der Waals surface area contributed by atoms with Crippen LogP contribution in [0, 0.1) is 0 Å². The third-order valence-corrected chi connectivity index (χ3v) is 3.75. The Balaban J connectivity index is 1.63. The molecule has 3 aromatic rings. The van der Waals surface area contributed by atoms with Crippen LogP contribution in [0.25, 0.3) is 0 Å². The summed E-state index contributed by atoms with van der Waals surface area (Å²) in [6, 6.07) is 13.3. The molecular formula is C20H22N4O2. The second kappa shape index (κ2) is 8.29. The average Bonchev–Trinajstić information content (AvgIpc) is 2.64. The first-order chi connectivity index (χ1) is 12.6. The highest BCUT2D eigenvalue weighted by molar-refractivity contribution is 5.45. The fourth-order valence-corrected chi connectivity index (χ4v) is 2.49. The van der Waals surface area contributed by atoms with Gasteiger partial charge in [0.15, 0.2) is 5.82 Å². The van der Waals surface area contributed by atoms with Crippen LogP contribution in [0.5, 0.6) is 5.88 Å². The maximum Gasteiger partial charge on any atom is 0.257 e. The average molecular weight is 350 g/mol. The van der Waals surface area contributed by atoms with Gasteiger partial charge >= 0.3 is 0 Å². The molecule has 1 N–H and O–H groups in total. The Hall–Kier alpha value is -3.15. The van der Waals surface area contributed by atoms with E-state index in [-0.39, 0.29) is 11.7 Å². The molecule has 1 aromatic carbocycles. The van der Waals surface area contributed by atoms with Crippen molar-refractivity contribution in [2.75, 3.05) is 5.32 Å². The smallest absolute Gasteiger partial charge is 0.257 e. The van der Waals surface area contributed by atoms with Gasteiger partial charge in [-0.15, -0.1) is 0 Å². The zero-order chi connectivity index (χ0) is 18.4. The molecule has 0 amide bonds. The number of aromatic nitrogens is 3. The van der Waals surface area contributed by atoms with E-state index in [1.165, 1.54) is 0 Å². The third kappa shape index (κ3) is 4.69. The Morgan fingerprint density at radius 1 is 1.04 bits per heavy atom. The van der Waals surface area contributed by atoms with Crippen LogP contribution in [-0.2, 0) is 13.1 Å². The molecule has 0 unspecified atom stereocenters. The molecule has 2 aromatic heterocycles. The second-order valence-electron chi connectivity index (χ2n) is 6.21. The van der Waals surface area contributed by atoms with Crippen molar-refractivity contribution in [1.29, 1.82) is 0 Å². The van der Waals surface area contributed by atoms with Crippen LogP contribution < -0.4 is 15.6 Å². The monoisotopic (exact) mass is 350 g/mol. The molecule has 3 rings (SSSR count). The largest absolute Gasteiger partial charge is 0.472 e. The summed E-state index contributed by atoms with van der Waals surface area (Å²) in [6.07, 6.45) is 5.08. The molecule has 6 heteroatoms. The molecular weight excluding hydrogens is 328 g/mol. The van der Waals surface area contributed by atoms with E-state index in [4.69, 9.17) is 4.74 Å². The number of anilines is 1. The van der Waals surface area contributed by atoms with E-state index >= 15 is 0 Å². The molecule has 26 heavy (non-hydrogen) atoms. The molecule has 0 bridgehead atoms. The maximum absolute atomic E-state index is 11.8. The summed E-state index contributed by atoms with van der Waals surface area (Å²) in [6.45, 7) is 5.08. The van der Waals surface area contributed by atoms with Gasteiger partial charge in [0.05, 0.1) is 12.6 Å². The Morgan fingerprint density at radius 3 is 2.50 bits per heavy atom. The van der Waals surface area contributed by atoms with Crippen LogP contribution in [0.15, 0.2) is 65.8 Å². The van der Waals surface area contributed by atoms with Crippen molar-refractivity contribution < 1.29 is 4.74 Å². The molecule has 0 fully saturated rings. The molecule has 0 spiro atoms. The number of nitrogens with one attached hydrogen (secondary N) is 1. The summed E-state index contributed by atoms with van der Waals surface area (Å²) in [5.41, 5.74) is 2.18. The van der Waals surface area contributed by atoms with Crippen molar-refractivity contribution in [2.45, 2.75) is 33.0 Å². The van der Waals surface area contributed by atoms with E-state index in [9.17, 15) is 4.79 Å². The van der Waals surface area contributed by atoms with E-state index in [2.05, 4.69) is 15.3 Å². The lowest BCUT2D eigenvalue weighted by Gasteiger charge is -2.13. The molecule has 6 nitrogen and oxygen atoms in total. The van der Waals surface area contributed by atoms with Crippen LogP contribution in [0.4, 0.5) is 5.82 Å². The summed E-state index contributed by atoms with van der Waals surface area (Å²) < 4.78 is 7.34. The number of nitrogens with zero attached hydrogens (tertiary/aromatic N) is 3. The van der Waals surface area contributed by atoms with Crippen molar-refractivity contribution in [3.63, 3.8) is 0 Å². The zero-order valence-electron chi connectivity index (χ0n) is 14.9. The van der Waals surface area contributed by atoms with Crippen LogP contribution >= 0.6 is 0 Å². The van der Waals surface area contributed by atoms with Crippen molar-refractivity contribution in [3.8, 4) is 5.88 Å². The van der Waals surface area contributed by atoms with E-state index in [1.54, 1.807) is 35.3 Å². The van der Waals surface area contributed by atoms with Crippen LogP contribution in [0.1, 0.15) is 25.0 Å². The normalized spacial score (nSPS) is 10.7. The molecule has 2 heterocycles. The lowest BCUT2D eigenvalue weighted by Crippen LogP contribution is -2.18.